The highest BCUT2D eigenvalue weighted by molar-refractivity contribution is 6.47. The molecule has 22 aromatic carbocycles. The Morgan fingerprint density at radius 1 is 0.153 bits per heavy atom. The average molecular weight is 1500 g/mol. The van der Waals surface area contributed by atoms with Crippen molar-refractivity contribution in [3.05, 3.63) is 494 Å². The first kappa shape index (κ1) is 70.4. The van der Waals surface area contributed by atoms with Crippen LogP contribution in [0.25, 0.3) is 154 Å². The van der Waals surface area contributed by atoms with Gasteiger partial charge >= 0.3 is 0 Å². The first-order chi connectivity index (χ1) is 58.6. The molecule has 118 heavy (non-hydrogen) atoms. The van der Waals surface area contributed by atoms with Crippen molar-refractivity contribution in [3.63, 3.8) is 0 Å². The molecule has 0 atom stereocenters. The summed E-state index contributed by atoms with van der Waals surface area (Å²) >= 11 is 0. The highest BCUT2D eigenvalue weighted by Gasteiger charge is 2.30. The van der Waals surface area contributed by atoms with Gasteiger partial charge in [-0.1, -0.05) is 400 Å². The van der Waals surface area contributed by atoms with Gasteiger partial charge in [-0.2, -0.15) is 0 Å². The lowest BCUT2D eigenvalue weighted by atomic mass is 9.85. The molecule has 22 rings (SSSR count). The zero-order valence-electron chi connectivity index (χ0n) is 64.9. The smallest absolute Gasteiger partial charge is 0.0540 e. The second-order valence-corrected chi connectivity index (χ2v) is 30.4. The lowest BCUT2D eigenvalue weighted by Gasteiger charge is -2.27. The quantitative estimate of drug-likeness (QED) is 0.0703. The molecule has 0 spiro atoms. The number of benzene rings is 20. The Hall–Kier alpha value is -15.5. The molecule has 0 amide bonds. The van der Waals surface area contributed by atoms with Gasteiger partial charge in [-0.25, -0.2) is 0 Å². The Kier molecular flexibility index (Phi) is 18.4. The molecule has 0 radical (unpaired) electrons. The summed E-state index contributed by atoms with van der Waals surface area (Å²) in [6.07, 6.45) is 4.60. The molecule has 0 bridgehead atoms. The molecule has 0 N–H and O–H groups in total. The molecule has 0 aromatic heterocycles. The monoisotopic (exact) mass is 1500 g/mol. The fourth-order valence-corrected chi connectivity index (χ4v) is 18.5. The van der Waals surface area contributed by atoms with Crippen molar-refractivity contribution in [2.75, 3.05) is 9.80 Å². The van der Waals surface area contributed by atoms with Crippen LogP contribution in [0.4, 0.5) is 34.1 Å². The van der Waals surface area contributed by atoms with Crippen LogP contribution in [0, 0.1) is 0 Å². The Balaban J connectivity index is 0.000000149. The second-order valence-electron chi connectivity index (χ2n) is 30.4. The number of hydrogen-bond acceptors (Lipinski definition) is 2. The minimum atomic E-state index is 1.13. The van der Waals surface area contributed by atoms with Crippen molar-refractivity contribution in [3.8, 4) is 44.5 Å². The number of anilines is 6. The van der Waals surface area contributed by atoms with E-state index in [1.165, 1.54) is 175 Å². The van der Waals surface area contributed by atoms with Crippen LogP contribution in [0.15, 0.2) is 461 Å². The Morgan fingerprint density at radius 3 is 0.653 bits per heavy atom. The van der Waals surface area contributed by atoms with Crippen LogP contribution in [0.5, 0.6) is 0 Å². The molecule has 0 aliphatic rings. The van der Waals surface area contributed by atoms with Crippen LogP contribution in [-0.2, 0) is 0 Å². The van der Waals surface area contributed by atoms with Crippen molar-refractivity contribution in [2.45, 2.75) is 0 Å². The number of nitrogens with zero attached hydrogens (tertiary/aromatic N) is 2. The predicted octanol–water partition coefficient (Wildman–Crippen LogP) is 32.3. The molecule has 0 aliphatic heterocycles. The molecular weight excluding hydrogens is 1420 g/mol. The van der Waals surface area contributed by atoms with E-state index in [1.54, 1.807) is 0 Å². The van der Waals surface area contributed by atoms with Gasteiger partial charge in [-0.3, -0.25) is 0 Å². The third-order valence-electron chi connectivity index (χ3n) is 23.6. The average Bonchev–Trinajstić information content (AvgIpc) is 1.51. The molecule has 0 saturated heterocycles. The van der Waals surface area contributed by atoms with E-state index in [1.807, 2.05) is 0 Å². The SMILES string of the molecule is C(=C(c1ccccc1)c1ccccc1)c1ccc(-c2c3ccccc3c(-c3ccc(C=C(c4ccccc4)c4ccccc4)cc3)c3ccccc23)cc1.c1ccc(-c2c3c4cccc5c(N(c6ccccc6)c6ccccc6)ccc(c3c(-c3ccccc3)c3c6cccc7c(N(c8ccccc8)c8ccccc8)ccc(c23)c76)c54)cc1. The second kappa shape index (κ2) is 30.8. The van der Waals surface area contributed by atoms with E-state index in [4.69, 9.17) is 0 Å². The van der Waals surface area contributed by atoms with Gasteiger partial charge in [-0.05, 0) is 237 Å². The summed E-state index contributed by atoms with van der Waals surface area (Å²) in [6.45, 7) is 0. The van der Waals surface area contributed by atoms with Gasteiger partial charge in [0.05, 0.1) is 11.4 Å². The zero-order valence-corrected chi connectivity index (χ0v) is 64.9. The minimum absolute atomic E-state index is 1.13. The van der Waals surface area contributed by atoms with E-state index in [0.29, 0.717) is 0 Å². The fraction of sp³-hybridized carbons (Fsp3) is 0. The van der Waals surface area contributed by atoms with Crippen LogP contribution in [0.1, 0.15) is 33.4 Å². The maximum absolute atomic E-state index is 2.41. The van der Waals surface area contributed by atoms with Crippen molar-refractivity contribution in [1.29, 1.82) is 0 Å². The third-order valence-corrected chi connectivity index (χ3v) is 23.6. The predicted molar refractivity (Wildman–Crippen MR) is 506 cm³/mol. The first-order valence-corrected chi connectivity index (χ1v) is 40.7. The Morgan fingerprint density at radius 2 is 0.373 bits per heavy atom. The van der Waals surface area contributed by atoms with E-state index in [0.717, 1.165) is 34.1 Å². The van der Waals surface area contributed by atoms with Gasteiger partial charge < -0.3 is 9.80 Å². The van der Waals surface area contributed by atoms with Crippen LogP contribution in [-0.4, -0.2) is 0 Å². The number of para-hydroxylation sites is 4. The van der Waals surface area contributed by atoms with Crippen LogP contribution in [0.3, 0.4) is 0 Å². The summed E-state index contributed by atoms with van der Waals surface area (Å²) in [7, 11) is 0. The van der Waals surface area contributed by atoms with Gasteiger partial charge in [0.2, 0.25) is 0 Å². The van der Waals surface area contributed by atoms with Gasteiger partial charge in [0.15, 0.2) is 0 Å². The third kappa shape index (κ3) is 12.7. The van der Waals surface area contributed by atoms with Crippen LogP contribution < -0.4 is 9.80 Å². The van der Waals surface area contributed by atoms with Gasteiger partial charge in [-0.15, -0.1) is 0 Å². The van der Waals surface area contributed by atoms with Crippen molar-refractivity contribution >= 4 is 144 Å². The summed E-state index contributed by atoms with van der Waals surface area (Å²) in [5.74, 6) is 0. The first-order valence-electron chi connectivity index (χ1n) is 40.7. The molecule has 0 fully saturated rings. The van der Waals surface area contributed by atoms with E-state index in [-0.39, 0.29) is 0 Å². The van der Waals surface area contributed by atoms with Crippen molar-refractivity contribution in [2.24, 2.45) is 0 Å². The molecule has 0 unspecified atom stereocenters. The molecule has 0 aliphatic carbocycles. The molecule has 0 heterocycles. The molecule has 0 saturated carbocycles. The van der Waals surface area contributed by atoms with E-state index in [9.17, 15) is 0 Å². The standard InChI is InChI=1S/C62H40N2.C54H38/c1-7-21-41(22-8-1)55-59-49-35-19-33-47-54(64(45-29-15-5-16-30-45)46-31-17-6-18-32-46)40-38-52(57(47)49)62(59)56(42-23-9-2-10-24-42)60-50-36-20-34-48-53(39-37-51(58(48)50)61(55)60)63(43-25-11-3-12-26-43)44-27-13-4-14-28-44;1-5-17-41(18-6-1)51(42-19-7-2-8-20-42)37-39-29-33-45(34-30-39)53-47-25-13-15-27-49(47)54(50-28-16-14-26-48(50)53)46-35-31-40(32-36-46)38-52(43-21-9-3-10-22-43)44-23-11-4-12-24-44/h1-40H;1-38H. The molecule has 2 nitrogen and oxygen atoms in total. The Bertz CT molecular complexity index is 6700. The topological polar surface area (TPSA) is 6.48 Å². The van der Waals surface area contributed by atoms with E-state index in [2.05, 4.69) is 483 Å². The molecule has 2 heteroatoms. The highest BCUT2D eigenvalue weighted by Crippen LogP contribution is 2.58. The normalized spacial score (nSPS) is 11.4. The van der Waals surface area contributed by atoms with Crippen LogP contribution >= 0.6 is 0 Å². The maximum Gasteiger partial charge on any atom is 0.0540 e. The van der Waals surface area contributed by atoms with Crippen molar-refractivity contribution in [1.82, 2.24) is 0 Å². The van der Waals surface area contributed by atoms with Crippen molar-refractivity contribution < 1.29 is 0 Å². The molecule has 552 valence electrons. The zero-order chi connectivity index (χ0) is 78.2. The maximum atomic E-state index is 2.41. The number of fused-ring (bicyclic) bond motifs is 8. The fourth-order valence-electron chi connectivity index (χ4n) is 18.5. The summed E-state index contributed by atoms with van der Waals surface area (Å²) in [5.41, 5.74) is 26.4. The van der Waals surface area contributed by atoms with Gasteiger partial charge in [0, 0.05) is 33.5 Å². The van der Waals surface area contributed by atoms with E-state index >= 15 is 0 Å². The summed E-state index contributed by atoms with van der Waals surface area (Å²) < 4.78 is 0. The van der Waals surface area contributed by atoms with E-state index < -0.39 is 0 Å². The number of rotatable bonds is 16. The highest BCUT2D eigenvalue weighted by atomic mass is 15.1. The summed E-state index contributed by atoms with van der Waals surface area (Å²) in [6, 6.07) is 167. The van der Waals surface area contributed by atoms with Gasteiger partial charge in [0.1, 0.15) is 0 Å². The molecular formula is C116H78N2. The largest absolute Gasteiger partial charge is 0.310 e. The summed E-state index contributed by atoms with van der Waals surface area (Å²) in [5, 5.41) is 20.3. The summed E-state index contributed by atoms with van der Waals surface area (Å²) in [4.78, 5) is 4.82. The molecule has 22 aromatic rings. The van der Waals surface area contributed by atoms with Crippen LogP contribution in [0.2, 0.25) is 0 Å². The lowest BCUT2D eigenvalue weighted by molar-refractivity contribution is 1.30. The Labute approximate surface area is 687 Å². The van der Waals surface area contributed by atoms with Gasteiger partial charge in [0.25, 0.3) is 0 Å². The minimum Gasteiger partial charge on any atom is -0.310 e. The number of hydrogen-bond donors (Lipinski definition) is 0. The lowest BCUT2D eigenvalue weighted by Crippen LogP contribution is -2.10.